The average molecular weight is 114 g/mol. The van der Waals surface area contributed by atoms with Gasteiger partial charge in [-0.25, -0.2) is 0 Å². The minimum absolute atomic E-state index is 0.316. The first-order valence-electron chi connectivity index (χ1n) is 1.77. The van der Waals surface area contributed by atoms with E-state index >= 15 is 0 Å². The number of alkyl halides is 3. The van der Waals surface area contributed by atoms with Crippen molar-refractivity contribution in [2.75, 3.05) is 6.61 Å². The predicted octanol–water partition coefficient (Wildman–Crippen LogP) is 1.54. The molecule has 0 atom stereocenters. The zero-order valence-electron chi connectivity index (χ0n) is 3.75. The molecule has 0 amide bonds. The normalized spacial score (nSPS) is 12.0. The monoisotopic (exact) mass is 114 g/mol. The van der Waals surface area contributed by atoms with E-state index in [0.29, 0.717) is 0 Å². The van der Waals surface area contributed by atoms with Crippen molar-refractivity contribution < 1.29 is 17.9 Å². The summed E-state index contributed by atoms with van der Waals surface area (Å²) in [4.78, 5) is 0. The highest BCUT2D eigenvalue weighted by Gasteiger charge is 2.27. The van der Waals surface area contributed by atoms with Gasteiger partial charge in [0.1, 0.15) is 0 Å². The Morgan fingerprint density at radius 2 is 1.86 bits per heavy atom. The molecule has 0 rings (SSSR count). The maximum absolute atomic E-state index is 10.8. The molecule has 0 fully saturated rings. The second-order valence-corrected chi connectivity index (χ2v) is 0.879. The summed E-state index contributed by atoms with van der Waals surface area (Å²) in [6.45, 7) is 0.969. The third-order valence-electron chi connectivity index (χ3n) is 0.308. The summed E-state index contributed by atoms with van der Waals surface area (Å²) in [6, 6.07) is 0. The minimum atomic E-state index is -4.45. The summed E-state index contributed by atoms with van der Waals surface area (Å²) in [5.41, 5.74) is 0. The zero-order valence-corrected chi connectivity index (χ0v) is 3.75. The Kier molecular flexibility index (Phi) is 2.08. The van der Waals surface area contributed by atoms with Crippen molar-refractivity contribution in [1.29, 1.82) is 0 Å². The lowest BCUT2D eigenvalue weighted by atomic mass is 10.9. The Morgan fingerprint density at radius 3 is 1.86 bits per heavy atom. The smallest absolute Gasteiger partial charge is 0.292 e. The van der Waals surface area contributed by atoms with Gasteiger partial charge in [0.2, 0.25) is 0 Å². The van der Waals surface area contributed by atoms with Gasteiger partial charge in [0.25, 0.3) is 0 Å². The molecule has 4 heteroatoms. The predicted molar refractivity (Wildman–Crippen MR) is 17.7 cm³/mol. The molecule has 0 spiro atoms. The molecule has 0 saturated heterocycles. The van der Waals surface area contributed by atoms with Crippen molar-refractivity contribution in [3.63, 3.8) is 0 Å². The SMILES string of the molecule is CCOC(F)(F)F. The Balaban J connectivity index is 3.15. The maximum Gasteiger partial charge on any atom is 0.522 e. The van der Waals surface area contributed by atoms with Crippen molar-refractivity contribution in [2.24, 2.45) is 0 Å². The van der Waals surface area contributed by atoms with Gasteiger partial charge in [0.15, 0.2) is 0 Å². The Bertz CT molecular complexity index is 48.6. The molecule has 44 valence electrons. The quantitative estimate of drug-likeness (QED) is 0.502. The highest BCUT2D eigenvalue weighted by Crippen LogP contribution is 2.14. The molecule has 0 saturated carbocycles. The van der Waals surface area contributed by atoms with Crippen molar-refractivity contribution in [2.45, 2.75) is 13.3 Å². The van der Waals surface area contributed by atoms with E-state index in [1.54, 1.807) is 0 Å². The molecule has 0 aromatic carbocycles. The lowest BCUT2D eigenvalue weighted by Crippen LogP contribution is -2.12. The Morgan fingerprint density at radius 1 is 1.43 bits per heavy atom. The van der Waals surface area contributed by atoms with E-state index in [9.17, 15) is 13.2 Å². The van der Waals surface area contributed by atoms with Crippen LogP contribution < -0.4 is 0 Å². The van der Waals surface area contributed by atoms with Gasteiger partial charge in [-0.05, 0) is 6.92 Å². The van der Waals surface area contributed by atoms with Crippen molar-refractivity contribution in [3.8, 4) is 0 Å². The largest absolute Gasteiger partial charge is 0.522 e. The molecule has 0 N–H and O–H groups in total. The molecule has 0 aliphatic heterocycles. The van der Waals surface area contributed by atoms with Crippen LogP contribution in [0.2, 0.25) is 0 Å². The Labute approximate surface area is 39.1 Å². The number of halogens is 3. The topological polar surface area (TPSA) is 9.23 Å². The number of ether oxygens (including phenoxy) is 1. The molecule has 0 aromatic rings. The van der Waals surface area contributed by atoms with Crippen LogP contribution in [0.4, 0.5) is 13.2 Å². The molecule has 0 unspecified atom stereocenters. The minimum Gasteiger partial charge on any atom is -0.292 e. The van der Waals surface area contributed by atoms with E-state index in [1.807, 2.05) is 0 Å². The van der Waals surface area contributed by atoms with E-state index in [4.69, 9.17) is 0 Å². The fraction of sp³-hybridized carbons (Fsp3) is 1.00. The third kappa shape index (κ3) is 5.75. The molecule has 7 heavy (non-hydrogen) atoms. The fourth-order valence-corrected chi connectivity index (χ4v) is 0.164. The molecule has 0 bridgehead atoms. The van der Waals surface area contributed by atoms with Crippen LogP contribution >= 0.6 is 0 Å². The van der Waals surface area contributed by atoms with Crippen molar-refractivity contribution in [1.82, 2.24) is 0 Å². The molecule has 0 aromatic heterocycles. The van der Waals surface area contributed by atoms with Crippen LogP contribution in [0.25, 0.3) is 0 Å². The molecule has 0 aliphatic rings. The summed E-state index contributed by atoms with van der Waals surface area (Å²) in [5, 5.41) is 0. The van der Waals surface area contributed by atoms with Crippen molar-refractivity contribution in [3.05, 3.63) is 0 Å². The van der Waals surface area contributed by atoms with Crippen LogP contribution in [-0.2, 0) is 4.74 Å². The van der Waals surface area contributed by atoms with E-state index in [0.717, 1.165) is 0 Å². The molecule has 1 nitrogen and oxygen atoms in total. The standard InChI is InChI=1S/C3H5F3O/c1-2-7-3(4,5)6/h2H2,1H3. The van der Waals surface area contributed by atoms with E-state index in [-0.39, 0.29) is 6.61 Å². The lowest BCUT2D eigenvalue weighted by Gasteiger charge is -2.01. The first-order chi connectivity index (χ1) is 3.06. The second-order valence-electron chi connectivity index (χ2n) is 0.879. The molecule has 0 heterocycles. The Hall–Kier alpha value is -0.250. The van der Waals surface area contributed by atoms with Crippen LogP contribution in [0.15, 0.2) is 0 Å². The van der Waals surface area contributed by atoms with E-state index in [1.165, 1.54) is 6.92 Å². The van der Waals surface area contributed by atoms with Crippen molar-refractivity contribution >= 4 is 0 Å². The molecule has 0 aliphatic carbocycles. The van der Waals surface area contributed by atoms with E-state index in [2.05, 4.69) is 4.74 Å². The average Bonchev–Trinajstić information content (AvgIpc) is 1.30. The van der Waals surface area contributed by atoms with Gasteiger partial charge in [0, 0.05) is 0 Å². The fourth-order valence-electron chi connectivity index (χ4n) is 0.164. The first-order valence-corrected chi connectivity index (χ1v) is 1.77. The van der Waals surface area contributed by atoms with Gasteiger partial charge in [-0.15, -0.1) is 13.2 Å². The molecular formula is C3H5F3O. The van der Waals surface area contributed by atoms with Gasteiger partial charge in [0.05, 0.1) is 6.61 Å². The van der Waals surface area contributed by atoms with Crippen LogP contribution in [0, 0.1) is 0 Å². The second kappa shape index (κ2) is 2.16. The number of hydrogen-bond acceptors (Lipinski definition) is 1. The van der Waals surface area contributed by atoms with E-state index < -0.39 is 6.36 Å². The van der Waals surface area contributed by atoms with Gasteiger partial charge in [-0.2, -0.15) is 0 Å². The summed E-state index contributed by atoms with van der Waals surface area (Å²) >= 11 is 0. The van der Waals surface area contributed by atoms with Crippen LogP contribution in [0.5, 0.6) is 0 Å². The van der Waals surface area contributed by atoms with Gasteiger partial charge < -0.3 is 0 Å². The number of rotatable bonds is 1. The molecular weight excluding hydrogens is 109 g/mol. The summed E-state index contributed by atoms with van der Waals surface area (Å²) < 4.78 is 35.7. The van der Waals surface area contributed by atoms with Crippen LogP contribution in [-0.4, -0.2) is 13.0 Å². The zero-order chi connectivity index (χ0) is 5.91. The van der Waals surface area contributed by atoms with Gasteiger partial charge in [-0.1, -0.05) is 0 Å². The summed E-state index contributed by atoms with van der Waals surface area (Å²) in [6.07, 6.45) is -4.45. The van der Waals surface area contributed by atoms with Gasteiger partial charge in [-0.3, -0.25) is 4.74 Å². The summed E-state index contributed by atoms with van der Waals surface area (Å²) in [7, 11) is 0. The maximum atomic E-state index is 10.8. The highest BCUT2D eigenvalue weighted by atomic mass is 19.4. The summed E-state index contributed by atoms with van der Waals surface area (Å²) in [5.74, 6) is 0. The number of hydrogen-bond donors (Lipinski definition) is 0. The first kappa shape index (κ1) is 6.75. The van der Waals surface area contributed by atoms with Crippen LogP contribution in [0.1, 0.15) is 6.92 Å². The third-order valence-corrected chi connectivity index (χ3v) is 0.308. The lowest BCUT2D eigenvalue weighted by molar-refractivity contribution is -0.322. The highest BCUT2D eigenvalue weighted by molar-refractivity contribution is 4.21. The van der Waals surface area contributed by atoms with Gasteiger partial charge >= 0.3 is 6.36 Å². The van der Waals surface area contributed by atoms with Crippen LogP contribution in [0.3, 0.4) is 0 Å². The molecule has 0 radical (unpaired) electrons.